The average Bonchev–Trinajstić information content (AvgIpc) is 2.27. The third-order valence-electron chi connectivity index (χ3n) is 2.51. The van der Waals surface area contributed by atoms with E-state index in [1.807, 2.05) is 18.7 Å². The van der Waals surface area contributed by atoms with Crippen molar-refractivity contribution >= 4 is 17.7 Å². The van der Waals surface area contributed by atoms with E-state index in [2.05, 4.69) is 10.6 Å². The summed E-state index contributed by atoms with van der Waals surface area (Å²) in [4.78, 5) is 11.6. The van der Waals surface area contributed by atoms with Gasteiger partial charge >= 0.3 is 0 Å². The van der Waals surface area contributed by atoms with Crippen molar-refractivity contribution in [2.24, 2.45) is 0 Å². The molecule has 0 saturated carbocycles. The SMILES string of the molecule is CC[C@H](CO)NC(=O)CC1CSCCN1. The first-order chi connectivity index (χ1) is 7.26. The Kier molecular flexibility index (Phi) is 6.05. The molecular weight excluding hydrogens is 212 g/mol. The van der Waals surface area contributed by atoms with Crippen LogP contribution in [0.2, 0.25) is 0 Å². The summed E-state index contributed by atoms with van der Waals surface area (Å²) in [5.41, 5.74) is 0. The molecule has 0 radical (unpaired) electrons. The van der Waals surface area contributed by atoms with E-state index in [1.54, 1.807) is 0 Å². The summed E-state index contributed by atoms with van der Waals surface area (Å²) >= 11 is 1.88. The zero-order valence-electron chi connectivity index (χ0n) is 9.16. The van der Waals surface area contributed by atoms with Crippen molar-refractivity contribution in [1.82, 2.24) is 10.6 Å². The number of hydrogen-bond acceptors (Lipinski definition) is 4. The lowest BCUT2D eigenvalue weighted by Gasteiger charge is -2.23. The number of carbonyl (C=O) groups excluding carboxylic acids is 1. The Hall–Kier alpha value is -0.260. The topological polar surface area (TPSA) is 61.4 Å². The van der Waals surface area contributed by atoms with Crippen LogP contribution in [0.3, 0.4) is 0 Å². The van der Waals surface area contributed by atoms with E-state index in [-0.39, 0.29) is 18.6 Å². The molecule has 88 valence electrons. The van der Waals surface area contributed by atoms with Gasteiger partial charge in [-0.1, -0.05) is 6.92 Å². The molecule has 4 nitrogen and oxygen atoms in total. The first-order valence-electron chi connectivity index (χ1n) is 5.47. The molecule has 2 atom stereocenters. The molecule has 1 aliphatic rings. The van der Waals surface area contributed by atoms with Crippen LogP contribution < -0.4 is 10.6 Å². The van der Waals surface area contributed by atoms with Gasteiger partial charge in [0.05, 0.1) is 12.6 Å². The molecule has 1 fully saturated rings. The zero-order valence-corrected chi connectivity index (χ0v) is 9.98. The number of aliphatic hydroxyl groups is 1. The molecule has 0 aromatic carbocycles. The normalized spacial score (nSPS) is 23.5. The minimum absolute atomic E-state index is 0.0229. The monoisotopic (exact) mass is 232 g/mol. The Morgan fingerprint density at radius 2 is 2.53 bits per heavy atom. The average molecular weight is 232 g/mol. The molecule has 15 heavy (non-hydrogen) atoms. The van der Waals surface area contributed by atoms with E-state index in [9.17, 15) is 4.79 Å². The van der Waals surface area contributed by atoms with E-state index in [1.165, 1.54) is 0 Å². The van der Waals surface area contributed by atoms with Crippen LogP contribution in [0, 0.1) is 0 Å². The molecule has 0 aromatic heterocycles. The van der Waals surface area contributed by atoms with Gasteiger partial charge in [-0.05, 0) is 6.42 Å². The second-order valence-electron chi connectivity index (χ2n) is 3.79. The molecule has 0 bridgehead atoms. The van der Waals surface area contributed by atoms with Crippen LogP contribution in [0.5, 0.6) is 0 Å². The third-order valence-corrected chi connectivity index (χ3v) is 3.64. The molecule has 1 aliphatic heterocycles. The molecule has 1 heterocycles. The molecule has 0 spiro atoms. The molecule has 1 amide bonds. The molecule has 1 unspecified atom stereocenters. The second kappa shape index (κ2) is 7.09. The number of amides is 1. The van der Waals surface area contributed by atoms with E-state index >= 15 is 0 Å². The highest BCUT2D eigenvalue weighted by Crippen LogP contribution is 2.10. The van der Waals surface area contributed by atoms with E-state index in [0.717, 1.165) is 24.5 Å². The van der Waals surface area contributed by atoms with Crippen molar-refractivity contribution in [3.63, 3.8) is 0 Å². The fourth-order valence-electron chi connectivity index (χ4n) is 1.54. The van der Waals surface area contributed by atoms with Crippen molar-refractivity contribution in [1.29, 1.82) is 0 Å². The van der Waals surface area contributed by atoms with E-state index in [4.69, 9.17) is 5.11 Å². The summed E-state index contributed by atoms with van der Waals surface area (Å²) in [5, 5.41) is 15.1. The van der Waals surface area contributed by atoms with Crippen LogP contribution in [0.1, 0.15) is 19.8 Å². The Morgan fingerprint density at radius 1 is 1.73 bits per heavy atom. The van der Waals surface area contributed by atoms with E-state index < -0.39 is 0 Å². The lowest BCUT2D eigenvalue weighted by atomic mass is 10.2. The zero-order chi connectivity index (χ0) is 11.1. The van der Waals surface area contributed by atoms with Gasteiger partial charge in [-0.2, -0.15) is 11.8 Å². The van der Waals surface area contributed by atoms with Crippen LogP contribution in [0.15, 0.2) is 0 Å². The number of thioether (sulfide) groups is 1. The van der Waals surface area contributed by atoms with Crippen molar-refractivity contribution in [3.05, 3.63) is 0 Å². The number of carbonyl (C=O) groups is 1. The molecule has 5 heteroatoms. The summed E-state index contributed by atoms with van der Waals surface area (Å²) in [7, 11) is 0. The molecular formula is C10H20N2O2S. The van der Waals surface area contributed by atoms with Gasteiger partial charge in [0.2, 0.25) is 5.91 Å². The van der Waals surface area contributed by atoms with Gasteiger partial charge in [0.1, 0.15) is 0 Å². The van der Waals surface area contributed by atoms with Crippen molar-refractivity contribution in [3.8, 4) is 0 Å². The van der Waals surface area contributed by atoms with Gasteiger partial charge < -0.3 is 15.7 Å². The molecule has 1 rings (SSSR count). The lowest BCUT2D eigenvalue weighted by Crippen LogP contribution is -2.44. The second-order valence-corrected chi connectivity index (χ2v) is 4.94. The largest absolute Gasteiger partial charge is 0.394 e. The van der Waals surface area contributed by atoms with Crippen LogP contribution >= 0.6 is 11.8 Å². The standard InChI is InChI=1S/C10H20N2O2S/c1-2-8(6-13)12-10(14)5-9-7-15-4-3-11-9/h8-9,11,13H,2-7H2,1H3,(H,12,14)/t8-,9?/m1/s1. The maximum Gasteiger partial charge on any atom is 0.221 e. The fraction of sp³-hybridized carbons (Fsp3) is 0.900. The number of rotatable bonds is 5. The van der Waals surface area contributed by atoms with Gasteiger partial charge in [-0.25, -0.2) is 0 Å². The van der Waals surface area contributed by atoms with Crippen molar-refractivity contribution < 1.29 is 9.90 Å². The number of nitrogens with one attached hydrogen (secondary N) is 2. The Morgan fingerprint density at radius 3 is 3.07 bits per heavy atom. The predicted molar refractivity (Wildman–Crippen MR) is 63.0 cm³/mol. The Bertz CT molecular complexity index is 192. The quantitative estimate of drug-likeness (QED) is 0.623. The van der Waals surface area contributed by atoms with E-state index in [0.29, 0.717) is 12.5 Å². The highest BCUT2D eigenvalue weighted by Gasteiger charge is 2.17. The fourth-order valence-corrected chi connectivity index (χ4v) is 2.49. The van der Waals surface area contributed by atoms with Crippen molar-refractivity contribution in [2.75, 3.05) is 24.7 Å². The summed E-state index contributed by atoms with van der Waals surface area (Å²) < 4.78 is 0. The van der Waals surface area contributed by atoms with Crippen LogP contribution in [0.4, 0.5) is 0 Å². The summed E-state index contributed by atoms with van der Waals surface area (Å²) in [6, 6.07) is 0.202. The minimum atomic E-state index is -0.0891. The predicted octanol–water partition coefficient (Wildman–Crippen LogP) is -0.0314. The molecule has 0 aliphatic carbocycles. The highest BCUT2D eigenvalue weighted by atomic mass is 32.2. The van der Waals surface area contributed by atoms with Gasteiger partial charge in [-0.15, -0.1) is 0 Å². The Labute approximate surface area is 95.2 Å². The van der Waals surface area contributed by atoms with Gasteiger partial charge in [-0.3, -0.25) is 4.79 Å². The summed E-state index contributed by atoms with van der Waals surface area (Å²) in [6.07, 6.45) is 1.29. The van der Waals surface area contributed by atoms with Crippen LogP contribution in [-0.4, -0.2) is 47.8 Å². The van der Waals surface area contributed by atoms with Gasteiger partial charge in [0.25, 0.3) is 0 Å². The van der Waals surface area contributed by atoms with Gasteiger partial charge in [0, 0.05) is 30.5 Å². The maximum atomic E-state index is 11.6. The smallest absolute Gasteiger partial charge is 0.221 e. The number of hydrogen-bond donors (Lipinski definition) is 3. The first kappa shape index (κ1) is 12.8. The molecule has 1 saturated heterocycles. The van der Waals surface area contributed by atoms with Crippen molar-refractivity contribution in [2.45, 2.75) is 31.8 Å². The summed E-state index contributed by atoms with van der Waals surface area (Å²) in [6.45, 7) is 2.96. The summed E-state index contributed by atoms with van der Waals surface area (Å²) in [5.74, 6) is 2.17. The van der Waals surface area contributed by atoms with Crippen LogP contribution in [0.25, 0.3) is 0 Å². The molecule has 0 aromatic rings. The van der Waals surface area contributed by atoms with Crippen LogP contribution in [-0.2, 0) is 4.79 Å². The maximum absolute atomic E-state index is 11.6. The molecule has 3 N–H and O–H groups in total. The minimum Gasteiger partial charge on any atom is -0.394 e. The Balaban J connectivity index is 2.21. The van der Waals surface area contributed by atoms with Gasteiger partial charge in [0.15, 0.2) is 0 Å². The highest BCUT2D eigenvalue weighted by molar-refractivity contribution is 7.99. The third kappa shape index (κ3) is 4.86. The number of aliphatic hydroxyl groups excluding tert-OH is 1. The first-order valence-corrected chi connectivity index (χ1v) is 6.63. The lowest BCUT2D eigenvalue weighted by molar-refractivity contribution is -0.122.